The quantitative estimate of drug-likeness (QED) is 0.801. The highest BCUT2D eigenvalue weighted by Gasteiger charge is 2.31. The lowest BCUT2D eigenvalue weighted by atomic mass is 10.1. The van der Waals surface area contributed by atoms with Crippen molar-refractivity contribution < 1.29 is 31.1 Å². The van der Waals surface area contributed by atoms with Crippen LogP contribution in [0.2, 0.25) is 0 Å². The summed E-state index contributed by atoms with van der Waals surface area (Å²) in [5.74, 6) is -0.416. The Kier molecular flexibility index (Phi) is 3.84. The Balaban J connectivity index is 2.12. The molecule has 0 saturated carbocycles. The van der Waals surface area contributed by atoms with Crippen molar-refractivity contribution in [2.24, 2.45) is 0 Å². The van der Waals surface area contributed by atoms with Gasteiger partial charge in [-0.05, 0) is 30.3 Å². The van der Waals surface area contributed by atoms with Crippen LogP contribution >= 0.6 is 0 Å². The van der Waals surface area contributed by atoms with Crippen LogP contribution in [0.1, 0.15) is 0 Å². The fourth-order valence-corrected chi connectivity index (χ4v) is 1.61. The van der Waals surface area contributed by atoms with E-state index < -0.39 is 24.8 Å². The Morgan fingerprint density at radius 1 is 0.952 bits per heavy atom. The molecule has 0 aliphatic heterocycles. The first-order valence-corrected chi connectivity index (χ1v) is 5.59. The highest BCUT2D eigenvalue weighted by Crippen LogP contribution is 2.26. The molecular weight excluding hydrogens is 302 g/mol. The molecule has 0 aliphatic rings. The van der Waals surface area contributed by atoms with Gasteiger partial charge in [0.1, 0.15) is 12.3 Å². The molecule has 0 bridgehead atoms. The van der Waals surface area contributed by atoms with Crippen LogP contribution in [-0.2, 0) is 6.54 Å². The van der Waals surface area contributed by atoms with Gasteiger partial charge in [-0.2, -0.15) is 18.3 Å². The van der Waals surface area contributed by atoms with Crippen LogP contribution in [0, 0.1) is 0 Å². The highest BCUT2D eigenvalue weighted by atomic mass is 19.4. The highest BCUT2D eigenvalue weighted by molar-refractivity contribution is 5.59. The zero-order chi connectivity index (χ0) is 15.7. The van der Waals surface area contributed by atoms with Gasteiger partial charge < -0.3 is 4.74 Å². The second-order valence-corrected chi connectivity index (χ2v) is 4.09. The molecule has 0 N–H and O–H groups in total. The topological polar surface area (TPSA) is 27.1 Å². The molecular formula is C12H8F6N2O. The molecule has 0 fully saturated rings. The van der Waals surface area contributed by atoms with Gasteiger partial charge in [0.2, 0.25) is 0 Å². The third kappa shape index (κ3) is 4.69. The predicted octanol–water partition coefficient (Wildman–Crippen LogP) is 4.01. The molecule has 0 saturated heterocycles. The van der Waals surface area contributed by atoms with E-state index in [0.717, 1.165) is 18.3 Å². The monoisotopic (exact) mass is 310 g/mol. The third-order valence-electron chi connectivity index (χ3n) is 2.37. The SMILES string of the molecule is FC(F)(F)Cn1ccc(-c2ccc(OC(F)(F)F)cc2)n1. The first kappa shape index (κ1) is 15.2. The molecule has 21 heavy (non-hydrogen) atoms. The maximum Gasteiger partial charge on any atom is 0.573 e. The largest absolute Gasteiger partial charge is 0.573 e. The summed E-state index contributed by atoms with van der Waals surface area (Å²) in [6.07, 6.45) is -8.05. The summed E-state index contributed by atoms with van der Waals surface area (Å²) in [7, 11) is 0. The van der Waals surface area contributed by atoms with Gasteiger partial charge in [-0.15, -0.1) is 13.2 Å². The normalized spacial score (nSPS) is 12.5. The van der Waals surface area contributed by atoms with Gasteiger partial charge >= 0.3 is 12.5 Å². The van der Waals surface area contributed by atoms with E-state index in [1.165, 1.54) is 18.2 Å². The molecule has 1 aromatic carbocycles. The number of hydrogen-bond acceptors (Lipinski definition) is 2. The number of ether oxygens (including phenoxy) is 1. The fourth-order valence-electron chi connectivity index (χ4n) is 1.61. The lowest BCUT2D eigenvalue weighted by Gasteiger charge is -2.08. The average Bonchev–Trinajstić information content (AvgIpc) is 2.74. The molecule has 1 heterocycles. The van der Waals surface area contributed by atoms with Crippen LogP contribution in [-0.4, -0.2) is 22.3 Å². The molecule has 0 atom stereocenters. The number of rotatable bonds is 3. The van der Waals surface area contributed by atoms with Crippen molar-refractivity contribution in [3.8, 4) is 17.0 Å². The van der Waals surface area contributed by atoms with Crippen molar-refractivity contribution in [2.75, 3.05) is 0 Å². The minimum Gasteiger partial charge on any atom is -0.406 e. The maximum absolute atomic E-state index is 12.2. The van der Waals surface area contributed by atoms with Crippen LogP contribution in [0.4, 0.5) is 26.3 Å². The molecule has 0 amide bonds. The van der Waals surface area contributed by atoms with E-state index in [-0.39, 0.29) is 5.69 Å². The Morgan fingerprint density at radius 3 is 2.10 bits per heavy atom. The van der Waals surface area contributed by atoms with Crippen LogP contribution in [0.3, 0.4) is 0 Å². The van der Waals surface area contributed by atoms with Crippen molar-refractivity contribution in [2.45, 2.75) is 19.1 Å². The van der Waals surface area contributed by atoms with Gasteiger partial charge in [-0.1, -0.05) is 0 Å². The first-order valence-electron chi connectivity index (χ1n) is 5.59. The molecule has 1 aromatic heterocycles. The third-order valence-corrected chi connectivity index (χ3v) is 2.37. The smallest absolute Gasteiger partial charge is 0.406 e. The average molecular weight is 310 g/mol. The zero-order valence-electron chi connectivity index (χ0n) is 10.2. The van der Waals surface area contributed by atoms with E-state index in [2.05, 4.69) is 9.84 Å². The lowest BCUT2D eigenvalue weighted by Crippen LogP contribution is -2.17. The van der Waals surface area contributed by atoms with Gasteiger partial charge in [-0.25, -0.2) is 0 Å². The number of benzene rings is 1. The summed E-state index contributed by atoms with van der Waals surface area (Å²) in [5, 5.41) is 3.70. The fraction of sp³-hybridized carbons (Fsp3) is 0.250. The van der Waals surface area contributed by atoms with Crippen molar-refractivity contribution in [3.05, 3.63) is 36.5 Å². The van der Waals surface area contributed by atoms with Gasteiger partial charge in [0.05, 0.1) is 5.69 Å². The zero-order valence-corrected chi connectivity index (χ0v) is 10.2. The number of alkyl halides is 6. The summed E-state index contributed by atoms with van der Waals surface area (Å²) < 4.78 is 76.9. The Labute approximate surface area is 114 Å². The van der Waals surface area contributed by atoms with E-state index in [1.807, 2.05) is 0 Å². The van der Waals surface area contributed by atoms with E-state index in [4.69, 9.17) is 0 Å². The molecule has 0 spiro atoms. The minimum absolute atomic E-state index is 0.220. The summed E-state index contributed by atoms with van der Waals surface area (Å²) in [5.41, 5.74) is 0.600. The second-order valence-electron chi connectivity index (χ2n) is 4.09. The maximum atomic E-state index is 12.2. The van der Waals surface area contributed by atoms with Crippen molar-refractivity contribution >= 4 is 0 Å². The van der Waals surface area contributed by atoms with Gasteiger partial charge in [0, 0.05) is 11.8 Å². The minimum atomic E-state index is -4.80. The Morgan fingerprint density at radius 2 is 1.57 bits per heavy atom. The van der Waals surface area contributed by atoms with Gasteiger partial charge in [0.15, 0.2) is 0 Å². The van der Waals surface area contributed by atoms with Gasteiger partial charge in [0.25, 0.3) is 0 Å². The molecule has 0 aliphatic carbocycles. The summed E-state index contributed by atoms with van der Waals surface area (Å²) in [4.78, 5) is 0. The number of nitrogens with zero attached hydrogens (tertiary/aromatic N) is 2. The molecule has 9 heteroatoms. The van der Waals surface area contributed by atoms with E-state index in [9.17, 15) is 26.3 Å². The van der Waals surface area contributed by atoms with Gasteiger partial charge in [-0.3, -0.25) is 4.68 Å². The molecule has 114 valence electrons. The van der Waals surface area contributed by atoms with Crippen LogP contribution in [0.5, 0.6) is 5.75 Å². The van der Waals surface area contributed by atoms with Crippen LogP contribution in [0.15, 0.2) is 36.5 Å². The molecule has 2 aromatic rings. The number of hydrogen-bond donors (Lipinski definition) is 0. The first-order chi connectivity index (χ1) is 9.62. The van der Waals surface area contributed by atoms with Crippen LogP contribution in [0.25, 0.3) is 11.3 Å². The van der Waals surface area contributed by atoms with E-state index >= 15 is 0 Å². The Bertz CT molecular complexity index is 599. The van der Waals surface area contributed by atoms with Crippen molar-refractivity contribution in [3.63, 3.8) is 0 Å². The van der Waals surface area contributed by atoms with Crippen LogP contribution < -0.4 is 4.74 Å². The summed E-state index contributed by atoms with van der Waals surface area (Å²) in [6.45, 7) is -1.23. The molecule has 3 nitrogen and oxygen atoms in total. The van der Waals surface area contributed by atoms with Crippen molar-refractivity contribution in [1.82, 2.24) is 9.78 Å². The van der Waals surface area contributed by atoms with Crippen molar-refractivity contribution in [1.29, 1.82) is 0 Å². The predicted molar refractivity (Wildman–Crippen MR) is 60.4 cm³/mol. The van der Waals surface area contributed by atoms with E-state index in [0.29, 0.717) is 10.2 Å². The molecule has 0 unspecified atom stereocenters. The molecule has 0 radical (unpaired) electrons. The lowest BCUT2D eigenvalue weighted by molar-refractivity contribution is -0.274. The summed E-state index contributed by atoms with van der Waals surface area (Å²) in [6, 6.07) is 6.02. The second kappa shape index (κ2) is 5.30. The number of halogens is 6. The standard InChI is InChI=1S/C12H8F6N2O/c13-11(14,15)7-20-6-5-10(19-20)8-1-3-9(4-2-8)21-12(16,17)18/h1-6H,7H2. The molecule has 2 rings (SSSR count). The summed E-state index contributed by atoms with van der Waals surface area (Å²) >= 11 is 0. The van der Waals surface area contributed by atoms with E-state index in [1.54, 1.807) is 0 Å². The number of aromatic nitrogens is 2. The Hall–Kier alpha value is -2.19.